The Labute approximate surface area is 175 Å². The van der Waals surface area contributed by atoms with Gasteiger partial charge in [-0.05, 0) is 44.4 Å². The van der Waals surface area contributed by atoms with E-state index in [1.807, 2.05) is 0 Å². The molecule has 2 aliphatic rings. The number of nitrogens with zero attached hydrogens (tertiary/aromatic N) is 4. The van der Waals surface area contributed by atoms with Gasteiger partial charge in [0.15, 0.2) is 5.96 Å². The Kier molecular flexibility index (Phi) is 8.63. The van der Waals surface area contributed by atoms with Crippen molar-refractivity contribution >= 4 is 29.9 Å². The van der Waals surface area contributed by atoms with Gasteiger partial charge in [-0.25, -0.2) is 0 Å². The van der Waals surface area contributed by atoms with Gasteiger partial charge < -0.3 is 15.2 Å². The molecule has 6 nitrogen and oxygen atoms in total. The van der Waals surface area contributed by atoms with Gasteiger partial charge in [0, 0.05) is 39.0 Å². The summed E-state index contributed by atoms with van der Waals surface area (Å²) in [5, 5.41) is 15.7. The van der Waals surface area contributed by atoms with E-state index in [2.05, 4.69) is 39.2 Å². The lowest BCUT2D eigenvalue weighted by Gasteiger charge is -2.40. The van der Waals surface area contributed by atoms with Crippen molar-refractivity contribution in [1.82, 2.24) is 25.4 Å². The minimum atomic E-state index is 0. The van der Waals surface area contributed by atoms with Crippen molar-refractivity contribution < 1.29 is 0 Å². The zero-order valence-corrected chi connectivity index (χ0v) is 18.7. The summed E-state index contributed by atoms with van der Waals surface area (Å²) in [6, 6.07) is 0. The van der Waals surface area contributed by atoms with E-state index in [1.54, 1.807) is 0 Å². The van der Waals surface area contributed by atoms with Crippen LogP contribution in [0.15, 0.2) is 4.99 Å². The molecule has 1 aromatic heterocycles. The number of halogens is 1. The van der Waals surface area contributed by atoms with Gasteiger partial charge in [0.25, 0.3) is 0 Å². The molecule has 26 heavy (non-hydrogen) atoms. The van der Waals surface area contributed by atoms with Crippen LogP contribution >= 0.6 is 24.0 Å². The third-order valence-electron chi connectivity index (χ3n) is 5.91. The molecule has 3 rings (SSSR count). The van der Waals surface area contributed by atoms with Gasteiger partial charge in [-0.1, -0.05) is 19.8 Å². The topological polar surface area (TPSA) is 67.1 Å². The molecule has 7 heteroatoms. The number of hydrogen-bond donors (Lipinski definition) is 2. The molecule has 0 spiro atoms. The van der Waals surface area contributed by atoms with Crippen LogP contribution in [0.3, 0.4) is 0 Å². The molecule has 2 heterocycles. The van der Waals surface area contributed by atoms with Gasteiger partial charge in [0.1, 0.15) is 11.6 Å². The largest absolute Gasteiger partial charge is 0.357 e. The quantitative estimate of drug-likeness (QED) is 0.362. The third kappa shape index (κ3) is 5.33. The van der Waals surface area contributed by atoms with Gasteiger partial charge in [0.05, 0.1) is 0 Å². The maximum atomic E-state index is 4.85. The summed E-state index contributed by atoms with van der Waals surface area (Å²) in [7, 11) is 0. The summed E-state index contributed by atoms with van der Waals surface area (Å²) in [6.07, 6.45) is 11.0. The molecule has 0 amide bonds. The molecule has 148 valence electrons. The van der Waals surface area contributed by atoms with E-state index in [-0.39, 0.29) is 24.0 Å². The van der Waals surface area contributed by atoms with Crippen LogP contribution in [-0.2, 0) is 19.4 Å². The van der Waals surface area contributed by atoms with E-state index in [0.29, 0.717) is 5.41 Å². The first kappa shape index (κ1) is 21.4. The second-order valence-corrected chi connectivity index (χ2v) is 7.57. The van der Waals surface area contributed by atoms with Crippen molar-refractivity contribution in [2.24, 2.45) is 10.4 Å². The Morgan fingerprint density at radius 2 is 1.96 bits per heavy atom. The van der Waals surface area contributed by atoms with Crippen LogP contribution in [0.25, 0.3) is 0 Å². The zero-order chi connectivity index (χ0) is 17.5. The maximum absolute atomic E-state index is 4.85. The molecule has 0 atom stereocenters. The summed E-state index contributed by atoms with van der Waals surface area (Å²) in [6.45, 7) is 8.18. The average Bonchev–Trinajstić information content (AvgIpc) is 2.81. The van der Waals surface area contributed by atoms with Gasteiger partial charge in [0.2, 0.25) is 0 Å². The van der Waals surface area contributed by atoms with Crippen molar-refractivity contribution in [3.05, 3.63) is 11.6 Å². The Morgan fingerprint density at radius 3 is 2.65 bits per heavy atom. The third-order valence-corrected chi connectivity index (χ3v) is 5.91. The molecule has 1 aromatic rings. The minimum Gasteiger partial charge on any atom is -0.357 e. The summed E-state index contributed by atoms with van der Waals surface area (Å²) in [5.74, 6) is 3.23. The highest BCUT2D eigenvalue weighted by Gasteiger charge is 2.34. The predicted octanol–water partition coefficient (Wildman–Crippen LogP) is 3.30. The normalized spacial score (nSPS) is 18.9. The molecule has 1 saturated carbocycles. The predicted molar refractivity (Wildman–Crippen MR) is 117 cm³/mol. The first-order valence-electron chi connectivity index (χ1n) is 10.2. The van der Waals surface area contributed by atoms with Crippen LogP contribution in [0.1, 0.15) is 70.4 Å². The van der Waals surface area contributed by atoms with E-state index in [9.17, 15) is 0 Å². The molecule has 2 N–H and O–H groups in total. The van der Waals surface area contributed by atoms with E-state index < -0.39 is 0 Å². The summed E-state index contributed by atoms with van der Waals surface area (Å²) in [5.41, 5.74) is 0.465. The number of guanidine groups is 1. The summed E-state index contributed by atoms with van der Waals surface area (Å²) in [4.78, 5) is 4.85. The van der Waals surface area contributed by atoms with E-state index in [1.165, 1.54) is 50.8 Å². The van der Waals surface area contributed by atoms with E-state index >= 15 is 0 Å². The lowest BCUT2D eigenvalue weighted by molar-refractivity contribution is 0.139. The second-order valence-electron chi connectivity index (χ2n) is 7.57. The SMILES string of the molecule is CCNC(=NCC1(CC)CCC1)NCCc1nnc2n1CCCCC2.I. The molecular weight excluding hydrogens is 439 g/mol. The van der Waals surface area contributed by atoms with Gasteiger partial charge in [-0.15, -0.1) is 34.2 Å². The molecule has 1 aliphatic heterocycles. The molecule has 0 saturated heterocycles. The van der Waals surface area contributed by atoms with Crippen LogP contribution in [0, 0.1) is 5.41 Å². The zero-order valence-electron chi connectivity index (χ0n) is 16.4. The maximum Gasteiger partial charge on any atom is 0.191 e. The number of hydrogen-bond acceptors (Lipinski definition) is 3. The Hall–Kier alpha value is -0.860. The van der Waals surface area contributed by atoms with Crippen molar-refractivity contribution in [3.63, 3.8) is 0 Å². The fourth-order valence-corrected chi connectivity index (χ4v) is 3.91. The molecule has 1 fully saturated rings. The Bertz CT molecular complexity index is 573. The molecular formula is C19H35IN6. The van der Waals surface area contributed by atoms with Gasteiger partial charge in [-0.2, -0.15) is 0 Å². The standard InChI is InChI=1S/C19H34N6.HI/c1-3-19(11-8-12-19)15-22-18(20-4-2)21-13-10-17-24-23-16-9-6-5-7-14-25(16)17;/h3-15H2,1-2H3,(H2,20,21,22);1H. The molecule has 0 aromatic carbocycles. The summed E-state index contributed by atoms with van der Waals surface area (Å²) >= 11 is 0. The van der Waals surface area contributed by atoms with Crippen molar-refractivity contribution in [3.8, 4) is 0 Å². The molecule has 0 radical (unpaired) electrons. The smallest absolute Gasteiger partial charge is 0.191 e. The van der Waals surface area contributed by atoms with E-state index in [4.69, 9.17) is 4.99 Å². The number of fused-ring (bicyclic) bond motifs is 1. The van der Waals surface area contributed by atoms with Crippen molar-refractivity contribution in [2.75, 3.05) is 19.6 Å². The van der Waals surface area contributed by atoms with Crippen LogP contribution in [0.4, 0.5) is 0 Å². The van der Waals surface area contributed by atoms with Crippen LogP contribution in [0.2, 0.25) is 0 Å². The number of aromatic nitrogens is 3. The number of aryl methyl sites for hydroxylation is 1. The Balaban J connectivity index is 0.00000243. The first-order chi connectivity index (χ1) is 12.3. The second kappa shape index (κ2) is 10.5. The lowest BCUT2D eigenvalue weighted by Crippen LogP contribution is -2.40. The first-order valence-corrected chi connectivity index (χ1v) is 10.2. The number of aliphatic imine (C=N–C) groups is 1. The lowest BCUT2D eigenvalue weighted by atomic mass is 9.67. The van der Waals surface area contributed by atoms with Crippen molar-refractivity contribution in [2.45, 2.75) is 78.2 Å². The molecule has 0 bridgehead atoms. The van der Waals surface area contributed by atoms with E-state index in [0.717, 1.165) is 50.8 Å². The number of rotatable bonds is 7. The monoisotopic (exact) mass is 474 g/mol. The van der Waals surface area contributed by atoms with Crippen LogP contribution in [-0.4, -0.2) is 40.4 Å². The van der Waals surface area contributed by atoms with Gasteiger partial charge in [-0.3, -0.25) is 4.99 Å². The van der Waals surface area contributed by atoms with Crippen LogP contribution in [0.5, 0.6) is 0 Å². The number of nitrogens with one attached hydrogen (secondary N) is 2. The van der Waals surface area contributed by atoms with Crippen molar-refractivity contribution in [1.29, 1.82) is 0 Å². The highest BCUT2D eigenvalue weighted by atomic mass is 127. The van der Waals surface area contributed by atoms with Crippen LogP contribution < -0.4 is 10.6 Å². The molecule has 0 unspecified atom stereocenters. The highest BCUT2D eigenvalue weighted by Crippen LogP contribution is 2.43. The minimum absolute atomic E-state index is 0. The summed E-state index contributed by atoms with van der Waals surface area (Å²) < 4.78 is 2.33. The highest BCUT2D eigenvalue weighted by molar-refractivity contribution is 14.0. The fraction of sp³-hybridized carbons (Fsp3) is 0.842. The fourth-order valence-electron chi connectivity index (χ4n) is 3.91. The molecule has 1 aliphatic carbocycles. The average molecular weight is 474 g/mol. The Morgan fingerprint density at radius 1 is 1.12 bits per heavy atom. The van der Waals surface area contributed by atoms with Gasteiger partial charge >= 0.3 is 0 Å².